The predicted molar refractivity (Wildman–Crippen MR) is 164 cm³/mol. The Bertz CT molecular complexity index is 1350. The summed E-state index contributed by atoms with van der Waals surface area (Å²) in [7, 11) is 1.49. The number of rotatable bonds is 9. The van der Waals surface area contributed by atoms with Gasteiger partial charge in [0.2, 0.25) is 0 Å². The number of carbonyl (C=O) groups excluding carboxylic acids is 2. The van der Waals surface area contributed by atoms with E-state index in [1.807, 2.05) is 33.8 Å². The van der Waals surface area contributed by atoms with Gasteiger partial charge in [-0.05, 0) is 88.1 Å². The van der Waals surface area contributed by atoms with Gasteiger partial charge in [-0.1, -0.05) is 30.2 Å². The van der Waals surface area contributed by atoms with Crippen LogP contribution in [-0.2, 0) is 30.1 Å². The molecule has 2 aliphatic heterocycles. The highest BCUT2D eigenvalue weighted by atomic mass is 16.8. The summed E-state index contributed by atoms with van der Waals surface area (Å²) in [6.07, 6.45) is 0.874. The second-order valence-corrected chi connectivity index (χ2v) is 11.8. The Morgan fingerprint density at radius 3 is 2.60 bits per heavy atom. The van der Waals surface area contributed by atoms with E-state index < -0.39 is 36.0 Å². The van der Waals surface area contributed by atoms with Crippen LogP contribution < -0.4 is 9.47 Å². The second kappa shape index (κ2) is 15.9. The number of ether oxygens (including phenoxy) is 7. The second-order valence-electron chi connectivity index (χ2n) is 11.8. The molecule has 0 amide bonds. The maximum absolute atomic E-state index is 13.7. The van der Waals surface area contributed by atoms with Gasteiger partial charge in [-0.3, -0.25) is 0 Å². The number of esters is 2. The molecular weight excluding hydrogens is 582 g/mol. The molecule has 12 nitrogen and oxygen atoms in total. The maximum atomic E-state index is 13.7. The molecule has 12 heteroatoms. The van der Waals surface area contributed by atoms with Gasteiger partial charge in [0, 0.05) is 18.1 Å². The van der Waals surface area contributed by atoms with Crippen molar-refractivity contribution in [3.63, 3.8) is 0 Å². The van der Waals surface area contributed by atoms with Crippen LogP contribution in [0.5, 0.6) is 11.5 Å². The van der Waals surface area contributed by atoms with Gasteiger partial charge in [0.1, 0.15) is 35.4 Å². The molecule has 0 N–H and O–H groups in total. The molecule has 2 aromatic rings. The van der Waals surface area contributed by atoms with E-state index in [9.17, 15) is 9.59 Å². The number of hydrogen-bond donors (Lipinski definition) is 0. The Labute approximate surface area is 263 Å². The molecule has 2 aliphatic rings. The lowest BCUT2D eigenvalue weighted by atomic mass is 9.92. The fraction of sp³-hybridized carbons (Fsp3) is 0.576. The predicted octanol–water partition coefficient (Wildman–Crippen LogP) is 6.40. The highest BCUT2D eigenvalue weighted by Gasteiger charge is 2.46. The molecule has 5 atom stereocenters. The van der Waals surface area contributed by atoms with Gasteiger partial charge in [-0.15, -0.1) is 0 Å². The van der Waals surface area contributed by atoms with Crippen molar-refractivity contribution in [3.8, 4) is 11.5 Å². The molecule has 0 aromatic heterocycles. The summed E-state index contributed by atoms with van der Waals surface area (Å²) < 4.78 is 41.6. The van der Waals surface area contributed by atoms with Crippen molar-refractivity contribution in [2.45, 2.75) is 90.0 Å². The van der Waals surface area contributed by atoms with Crippen LogP contribution in [0, 0.1) is 5.92 Å². The highest BCUT2D eigenvalue weighted by molar-refractivity contribution is 5.94. The fourth-order valence-corrected chi connectivity index (χ4v) is 5.61. The molecule has 45 heavy (non-hydrogen) atoms. The SMILES string of the molecule is COCOc1cc(OCCN=[N+]=[N-])cc2c1C(=O)O[C@@H](C)[C@H](C)CCC(OC(=O)c1ccccc1)C1OC(C)(C)O[C@H]1CCC2. The quantitative estimate of drug-likeness (QED) is 0.0771. The first-order chi connectivity index (χ1) is 21.6. The van der Waals surface area contributed by atoms with Crippen molar-refractivity contribution in [3.05, 3.63) is 69.6 Å². The van der Waals surface area contributed by atoms with Crippen LogP contribution >= 0.6 is 0 Å². The summed E-state index contributed by atoms with van der Waals surface area (Å²) >= 11 is 0. The van der Waals surface area contributed by atoms with Gasteiger partial charge in [-0.25, -0.2) is 9.59 Å². The molecule has 2 aromatic carbocycles. The van der Waals surface area contributed by atoms with E-state index in [0.717, 1.165) is 0 Å². The van der Waals surface area contributed by atoms with Gasteiger partial charge in [0.25, 0.3) is 0 Å². The molecule has 4 rings (SSSR count). The molecule has 0 spiro atoms. The molecule has 0 radical (unpaired) electrons. The maximum Gasteiger partial charge on any atom is 0.342 e. The van der Waals surface area contributed by atoms with E-state index >= 15 is 0 Å². The van der Waals surface area contributed by atoms with E-state index in [2.05, 4.69) is 10.0 Å². The van der Waals surface area contributed by atoms with E-state index in [4.69, 9.17) is 38.7 Å². The van der Waals surface area contributed by atoms with Gasteiger partial charge < -0.3 is 33.2 Å². The summed E-state index contributed by atoms with van der Waals surface area (Å²) in [5.41, 5.74) is 10.0. The lowest BCUT2D eigenvalue weighted by molar-refractivity contribution is -0.156. The number of cyclic esters (lactones) is 1. The number of benzene rings is 2. The molecular formula is C33H43N3O9. The monoisotopic (exact) mass is 625 g/mol. The fourth-order valence-electron chi connectivity index (χ4n) is 5.61. The first-order valence-corrected chi connectivity index (χ1v) is 15.4. The van der Waals surface area contributed by atoms with Crippen LogP contribution in [0.4, 0.5) is 0 Å². The third-order valence-corrected chi connectivity index (χ3v) is 8.01. The van der Waals surface area contributed by atoms with E-state index in [1.54, 1.807) is 36.4 Å². The number of hydrogen-bond acceptors (Lipinski definition) is 10. The molecule has 244 valence electrons. The molecule has 2 heterocycles. The van der Waals surface area contributed by atoms with Crippen molar-refractivity contribution in [2.24, 2.45) is 11.0 Å². The third kappa shape index (κ3) is 9.34. The zero-order chi connectivity index (χ0) is 32.4. The van der Waals surface area contributed by atoms with Crippen LogP contribution in [0.15, 0.2) is 47.6 Å². The Morgan fingerprint density at radius 2 is 1.87 bits per heavy atom. The largest absolute Gasteiger partial charge is 0.493 e. The Hall–Kier alpha value is -3.83. The Balaban J connectivity index is 1.66. The van der Waals surface area contributed by atoms with Gasteiger partial charge >= 0.3 is 11.9 Å². The number of aryl methyl sites for hydroxylation is 1. The average molecular weight is 626 g/mol. The molecule has 1 fully saturated rings. The first kappa shape index (κ1) is 34.1. The lowest BCUT2D eigenvalue weighted by Gasteiger charge is -2.29. The molecule has 2 unspecified atom stereocenters. The zero-order valence-electron chi connectivity index (χ0n) is 26.6. The first-order valence-electron chi connectivity index (χ1n) is 15.4. The number of fused-ring (bicyclic) bond motifs is 2. The summed E-state index contributed by atoms with van der Waals surface area (Å²) in [4.78, 5) is 29.6. The third-order valence-electron chi connectivity index (χ3n) is 8.01. The summed E-state index contributed by atoms with van der Waals surface area (Å²) in [5, 5.41) is 3.52. The van der Waals surface area contributed by atoms with Gasteiger partial charge in [-0.2, -0.15) is 0 Å². The highest BCUT2D eigenvalue weighted by Crippen LogP contribution is 2.37. The number of nitrogens with zero attached hydrogens (tertiary/aromatic N) is 3. The minimum atomic E-state index is -0.870. The van der Waals surface area contributed by atoms with Crippen molar-refractivity contribution in [1.82, 2.24) is 0 Å². The van der Waals surface area contributed by atoms with Crippen molar-refractivity contribution < 1.29 is 42.7 Å². The van der Waals surface area contributed by atoms with Crippen LogP contribution in [0.2, 0.25) is 0 Å². The van der Waals surface area contributed by atoms with E-state index in [0.29, 0.717) is 54.5 Å². The smallest absolute Gasteiger partial charge is 0.342 e. The van der Waals surface area contributed by atoms with Gasteiger partial charge in [0.15, 0.2) is 12.6 Å². The number of carbonyl (C=O) groups is 2. The lowest BCUT2D eigenvalue weighted by Crippen LogP contribution is -2.39. The molecule has 0 aliphatic carbocycles. The molecule has 0 saturated carbocycles. The standard InChI is InChI=1S/C33H43N3O9/c1-21-14-15-26(43-31(37)23-10-7-6-8-11-23)30-27(44-33(3,4)45-30)13-9-12-24-18-25(40-17-16-35-36-34)19-28(41-20-39-5)29(24)32(38)42-22(21)2/h6-8,10-11,18-19,21-22,26-27,30H,9,12-17,20H2,1-5H3/t21-,22+,26?,27+,30?/m1/s1. The minimum Gasteiger partial charge on any atom is -0.493 e. The molecule has 0 bridgehead atoms. The van der Waals surface area contributed by atoms with Gasteiger partial charge in [0.05, 0.1) is 24.8 Å². The minimum absolute atomic E-state index is 0.0707. The van der Waals surface area contributed by atoms with Crippen LogP contribution in [0.1, 0.15) is 79.7 Å². The topological polar surface area (TPSA) is 148 Å². The van der Waals surface area contributed by atoms with Crippen LogP contribution in [-0.4, -0.2) is 69.2 Å². The van der Waals surface area contributed by atoms with Crippen LogP contribution in [0.25, 0.3) is 10.4 Å². The summed E-state index contributed by atoms with van der Waals surface area (Å²) in [6, 6.07) is 12.3. The van der Waals surface area contributed by atoms with Crippen molar-refractivity contribution in [1.29, 1.82) is 0 Å². The summed E-state index contributed by atoms with van der Waals surface area (Å²) in [5.74, 6) is -1.15. The number of methoxy groups -OCH3 is 1. The van der Waals surface area contributed by atoms with Crippen molar-refractivity contribution in [2.75, 3.05) is 27.1 Å². The van der Waals surface area contributed by atoms with E-state index in [-0.39, 0.29) is 37.7 Å². The van der Waals surface area contributed by atoms with Crippen molar-refractivity contribution >= 4 is 11.9 Å². The van der Waals surface area contributed by atoms with E-state index in [1.165, 1.54) is 7.11 Å². The van der Waals surface area contributed by atoms with Crippen LogP contribution in [0.3, 0.4) is 0 Å². The Morgan fingerprint density at radius 1 is 1.09 bits per heavy atom. The average Bonchev–Trinajstić information content (AvgIpc) is 3.33. The Kier molecular flexibility index (Phi) is 12.1. The summed E-state index contributed by atoms with van der Waals surface area (Å²) in [6.45, 7) is 7.78. The number of azide groups is 1. The molecule has 1 saturated heterocycles. The normalized spacial score (nSPS) is 25.0. The zero-order valence-corrected chi connectivity index (χ0v) is 26.6.